The van der Waals surface area contributed by atoms with Crippen LogP contribution in [0.3, 0.4) is 0 Å². The van der Waals surface area contributed by atoms with Crippen molar-refractivity contribution in [3.8, 4) is 33.9 Å². The fraction of sp³-hybridized carbons (Fsp3) is 0. The van der Waals surface area contributed by atoms with Gasteiger partial charge in [0.15, 0.2) is 5.58 Å². The quantitative estimate of drug-likeness (QED) is 0.505. The first kappa shape index (κ1) is 14.6. The van der Waals surface area contributed by atoms with Gasteiger partial charge in [-0.25, -0.2) is 4.98 Å². The van der Waals surface area contributed by atoms with Crippen LogP contribution in [0.1, 0.15) is 0 Å². The highest BCUT2D eigenvalue weighted by atomic mass is 16.5. The largest absolute Gasteiger partial charge is 0.356 e. The number of imidazole rings is 1. The zero-order valence-electron chi connectivity index (χ0n) is 13.8. The predicted octanol–water partition coefficient (Wildman–Crippen LogP) is 4.95. The van der Waals surface area contributed by atoms with Crippen LogP contribution in [0.5, 0.6) is 0 Å². The molecule has 0 spiro atoms. The van der Waals surface area contributed by atoms with E-state index in [1.807, 2.05) is 60.7 Å². The maximum absolute atomic E-state index is 5.32. The predicted molar refractivity (Wildman–Crippen MR) is 100 cm³/mol. The number of aromatic amines is 1. The Kier molecular flexibility index (Phi) is 3.35. The molecule has 5 rings (SSSR count). The van der Waals surface area contributed by atoms with Gasteiger partial charge in [-0.05, 0) is 24.3 Å². The Morgan fingerprint density at radius 3 is 2.50 bits per heavy atom. The van der Waals surface area contributed by atoms with Crippen molar-refractivity contribution in [3.63, 3.8) is 0 Å². The number of rotatable bonds is 3. The molecular formula is C21H14N4O. The first-order valence-electron chi connectivity index (χ1n) is 8.29. The molecule has 3 aromatic heterocycles. The van der Waals surface area contributed by atoms with Gasteiger partial charge in [0.2, 0.25) is 0 Å². The summed E-state index contributed by atoms with van der Waals surface area (Å²) in [5.41, 5.74) is 5.60. The molecule has 26 heavy (non-hydrogen) atoms. The highest BCUT2D eigenvalue weighted by molar-refractivity contribution is 5.87. The van der Waals surface area contributed by atoms with Gasteiger partial charge in [0.25, 0.3) is 0 Å². The minimum Gasteiger partial charge on any atom is -0.356 e. The number of pyridine rings is 1. The number of hydrogen-bond acceptors (Lipinski definition) is 4. The number of H-pyrrole nitrogens is 1. The van der Waals surface area contributed by atoms with Gasteiger partial charge in [-0.2, -0.15) is 0 Å². The Morgan fingerprint density at radius 1 is 0.808 bits per heavy atom. The fourth-order valence-corrected chi connectivity index (χ4v) is 3.05. The minimum absolute atomic E-state index is 0.743. The Morgan fingerprint density at radius 2 is 1.65 bits per heavy atom. The molecule has 5 heteroatoms. The number of fused-ring (bicyclic) bond motifs is 1. The molecule has 0 aliphatic rings. The van der Waals surface area contributed by atoms with Crippen LogP contribution in [0.15, 0.2) is 83.8 Å². The van der Waals surface area contributed by atoms with Gasteiger partial charge in [0.05, 0.1) is 17.6 Å². The summed E-state index contributed by atoms with van der Waals surface area (Å²) in [7, 11) is 0. The van der Waals surface area contributed by atoms with E-state index in [1.165, 1.54) is 0 Å². The number of hydrogen-bond donors (Lipinski definition) is 1. The monoisotopic (exact) mass is 338 g/mol. The Bertz CT molecular complexity index is 1180. The van der Waals surface area contributed by atoms with Crippen molar-refractivity contribution in [1.82, 2.24) is 20.1 Å². The first-order valence-corrected chi connectivity index (χ1v) is 8.29. The summed E-state index contributed by atoms with van der Waals surface area (Å²) < 4.78 is 5.32. The molecule has 0 atom stereocenters. The van der Waals surface area contributed by atoms with Crippen molar-refractivity contribution in [3.05, 3.63) is 79.3 Å². The van der Waals surface area contributed by atoms with E-state index in [-0.39, 0.29) is 0 Å². The highest BCUT2D eigenvalue weighted by Gasteiger charge is 2.16. The van der Waals surface area contributed by atoms with Gasteiger partial charge < -0.3 is 9.51 Å². The second-order valence-corrected chi connectivity index (χ2v) is 5.99. The van der Waals surface area contributed by atoms with Crippen LogP contribution >= 0.6 is 0 Å². The molecule has 3 heterocycles. The Balaban J connectivity index is 1.73. The van der Waals surface area contributed by atoms with Crippen LogP contribution < -0.4 is 0 Å². The molecule has 2 aromatic carbocycles. The van der Waals surface area contributed by atoms with E-state index in [0.29, 0.717) is 0 Å². The zero-order chi connectivity index (χ0) is 17.3. The summed E-state index contributed by atoms with van der Waals surface area (Å²) >= 11 is 0. The smallest absolute Gasteiger partial charge is 0.167 e. The molecule has 0 saturated heterocycles. The SMILES string of the molecule is c1ccc(-c2nc(-c3ccc4cnoc4c3)c(-c3ccncc3)[nH]2)cc1. The van der Waals surface area contributed by atoms with Crippen LogP contribution in [-0.4, -0.2) is 20.1 Å². The summed E-state index contributed by atoms with van der Waals surface area (Å²) in [6.07, 6.45) is 5.27. The molecule has 0 bridgehead atoms. The van der Waals surface area contributed by atoms with Gasteiger partial charge in [-0.15, -0.1) is 0 Å². The van der Waals surface area contributed by atoms with Gasteiger partial charge in [0.1, 0.15) is 5.82 Å². The molecule has 0 unspecified atom stereocenters. The molecule has 0 aliphatic heterocycles. The number of benzene rings is 2. The molecule has 0 radical (unpaired) electrons. The standard InChI is InChI=1S/C21H14N4O/c1-2-4-15(5-3-1)21-24-19(14-8-10-22-11-9-14)20(25-21)16-6-7-17-13-23-26-18(17)12-16/h1-13H,(H,24,25). The van der Waals surface area contributed by atoms with E-state index in [9.17, 15) is 0 Å². The maximum atomic E-state index is 5.32. The van der Waals surface area contributed by atoms with Crippen molar-refractivity contribution in [1.29, 1.82) is 0 Å². The van der Waals surface area contributed by atoms with Gasteiger partial charge >= 0.3 is 0 Å². The van der Waals surface area contributed by atoms with Crippen molar-refractivity contribution < 1.29 is 4.52 Å². The highest BCUT2D eigenvalue weighted by Crippen LogP contribution is 2.34. The van der Waals surface area contributed by atoms with E-state index in [1.54, 1.807) is 18.6 Å². The van der Waals surface area contributed by atoms with Crippen LogP contribution in [0.4, 0.5) is 0 Å². The lowest BCUT2D eigenvalue weighted by atomic mass is 10.1. The summed E-state index contributed by atoms with van der Waals surface area (Å²) in [4.78, 5) is 12.5. The number of nitrogens with one attached hydrogen (secondary N) is 1. The fourth-order valence-electron chi connectivity index (χ4n) is 3.05. The lowest BCUT2D eigenvalue weighted by Crippen LogP contribution is -1.84. The number of aromatic nitrogens is 4. The van der Waals surface area contributed by atoms with Crippen molar-refractivity contribution in [2.24, 2.45) is 0 Å². The van der Waals surface area contributed by atoms with Crippen molar-refractivity contribution in [2.75, 3.05) is 0 Å². The maximum Gasteiger partial charge on any atom is 0.167 e. The zero-order valence-corrected chi connectivity index (χ0v) is 13.8. The summed E-state index contributed by atoms with van der Waals surface area (Å²) in [5, 5.41) is 4.83. The van der Waals surface area contributed by atoms with E-state index < -0.39 is 0 Å². The normalized spacial score (nSPS) is 11.1. The molecule has 5 nitrogen and oxygen atoms in total. The van der Waals surface area contributed by atoms with Crippen LogP contribution in [0.25, 0.3) is 44.9 Å². The van der Waals surface area contributed by atoms with E-state index >= 15 is 0 Å². The molecule has 1 N–H and O–H groups in total. The molecule has 0 aliphatic carbocycles. The average molecular weight is 338 g/mol. The van der Waals surface area contributed by atoms with E-state index in [2.05, 4.69) is 15.1 Å². The molecule has 5 aromatic rings. The third-order valence-electron chi connectivity index (χ3n) is 4.35. The first-order chi connectivity index (χ1) is 12.9. The topological polar surface area (TPSA) is 67.6 Å². The second-order valence-electron chi connectivity index (χ2n) is 5.99. The van der Waals surface area contributed by atoms with Crippen molar-refractivity contribution >= 4 is 11.0 Å². The van der Waals surface area contributed by atoms with Crippen LogP contribution in [0.2, 0.25) is 0 Å². The summed E-state index contributed by atoms with van der Waals surface area (Å²) in [5.74, 6) is 0.824. The van der Waals surface area contributed by atoms with Gasteiger partial charge in [-0.3, -0.25) is 4.98 Å². The lowest BCUT2D eigenvalue weighted by molar-refractivity contribution is 0.456. The molecule has 0 saturated carbocycles. The average Bonchev–Trinajstić information content (AvgIpc) is 3.36. The Hall–Kier alpha value is -3.73. The molecular weight excluding hydrogens is 324 g/mol. The van der Waals surface area contributed by atoms with E-state index in [4.69, 9.17) is 9.51 Å². The van der Waals surface area contributed by atoms with Gasteiger partial charge in [0, 0.05) is 34.5 Å². The summed E-state index contributed by atoms with van der Waals surface area (Å²) in [6.45, 7) is 0. The Labute approximate surface area is 149 Å². The molecule has 0 fully saturated rings. The van der Waals surface area contributed by atoms with E-state index in [0.717, 1.165) is 44.9 Å². The third kappa shape index (κ3) is 2.46. The molecule has 124 valence electrons. The summed E-state index contributed by atoms with van der Waals surface area (Å²) in [6, 6.07) is 20.0. The molecule has 0 amide bonds. The van der Waals surface area contributed by atoms with Crippen molar-refractivity contribution in [2.45, 2.75) is 0 Å². The second kappa shape index (κ2) is 5.97. The lowest BCUT2D eigenvalue weighted by Gasteiger charge is -2.02. The van der Waals surface area contributed by atoms with Gasteiger partial charge in [-0.1, -0.05) is 41.6 Å². The minimum atomic E-state index is 0.743. The third-order valence-corrected chi connectivity index (χ3v) is 4.35. The van der Waals surface area contributed by atoms with Crippen LogP contribution in [0, 0.1) is 0 Å². The number of nitrogens with zero attached hydrogens (tertiary/aromatic N) is 3. The van der Waals surface area contributed by atoms with Crippen LogP contribution in [-0.2, 0) is 0 Å².